The number of carboxylic acid groups (broad SMARTS) is 1. The Balaban J connectivity index is 1.82. The van der Waals surface area contributed by atoms with Crippen molar-refractivity contribution in [1.29, 1.82) is 0 Å². The Morgan fingerprint density at radius 1 is 1.44 bits per heavy atom. The topological polar surface area (TPSA) is 49.3 Å². The molecule has 2 aliphatic rings. The van der Waals surface area contributed by atoms with Crippen LogP contribution in [-0.4, -0.2) is 23.4 Å². The maximum Gasteiger partial charge on any atom is 0.309 e. The van der Waals surface area contributed by atoms with E-state index in [9.17, 15) is 9.90 Å². The van der Waals surface area contributed by atoms with E-state index < -0.39 is 11.4 Å². The number of anilines is 1. The molecule has 0 amide bonds. The van der Waals surface area contributed by atoms with E-state index in [-0.39, 0.29) is 0 Å². The van der Waals surface area contributed by atoms with E-state index in [1.54, 1.807) is 0 Å². The van der Waals surface area contributed by atoms with Gasteiger partial charge in [-0.3, -0.25) is 4.79 Å². The second-order valence-corrected chi connectivity index (χ2v) is 6.36. The number of benzene rings is 1. The van der Waals surface area contributed by atoms with E-state index in [1.807, 2.05) is 11.8 Å². The summed E-state index contributed by atoms with van der Waals surface area (Å²) in [6.07, 6.45) is 3.36. The van der Waals surface area contributed by atoms with Gasteiger partial charge in [-0.05, 0) is 37.0 Å². The van der Waals surface area contributed by atoms with Gasteiger partial charge in [-0.1, -0.05) is 12.5 Å². The molecular weight excluding hydrogens is 246 g/mol. The third kappa shape index (κ3) is 1.99. The molecule has 0 spiro atoms. The lowest BCUT2D eigenvalue weighted by Crippen LogP contribution is -2.39. The van der Waals surface area contributed by atoms with Crippen molar-refractivity contribution >= 4 is 23.4 Å². The van der Waals surface area contributed by atoms with E-state index in [4.69, 9.17) is 0 Å². The summed E-state index contributed by atoms with van der Waals surface area (Å²) in [6.45, 7) is 0.991. The van der Waals surface area contributed by atoms with Crippen LogP contribution in [0.2, 0.25) is 0 Å². The first-order valence-electron chi connectivity index (χ1n) is 6.43. The summed E-state index contributed by atoms with van der Waals surface area (Å²) in [5, 5.41) is 12.7. The third-order valence-electron chi connectivity index (χ3n) is 4.03. The highest BCUT2D eigenvalue weighted by Crippen LogP contribution is 2.44. The third-order valence-corrected chi connectivity index (χ3v) is 5.10. The molecule has 3 nitrogen and oxygen atoms in total. The van der Waals surface area contributed by atoms with Crippen LogP contribution in [0.5, 0.6) is 0 Å². The van der Waals surface area contributed by atoms with E-state index in [1.165, 1.54) is 10.6 Å². The van der Waals surface area contributed by atoms with Crippen LogP contribution >= 0.6 is 11.8 Å². The number of rotatable bonds is 3. The number of carbonyl (C=O) groups is 1. The molecule has 1 fully saturated rings. The van der Waals surface area contributed by atoms with Crippen molar-refractivity contribution in [2.45, 2.75) is 30.6 Å². The van der Waals surface area contributed by atoms with Gasteiger partial charge in [0.1, 0.15) is 0 Å². The first kappa shape index (κ1) is 11.9. The molecule has 18 heavy (non-hydrogen) atoms. The van der Waals surface area contributed by atoms with E-state index in [2.05, 4.69) is 23.5 Å². The van der Waals surface area contributed by atoms with E-state index in [0.29, 0.717) is 6.42 Å². The van der Waals surface area contributed by atoms with Gasteiger partial charge in [0, 0.05) is 22.9 Å². The lowest BCUT2D eigenvalue weighted by molar-refractivity contribution is -0.154. The molecule has 0 radical (unpaired) electrons. The van der Waals surface area contributed by atoms with E-state index >= 15 is 0 Å². The fraction of sp³-hybridized carbons (Fsp3) is 0.500. The lowest BCUT2D eigenvalue weighted by atomic mass is 9.65. The SMILES string of the molecule is O=C(O)C1(Cc2ccc3c(c2)NCCS3)CCC1. The molecule has 1 aromatic carbocycles. The molecule has 1 aliphatic heterocycles. The van der Waals surface area contributed by atoms with Crippen molar-refractivity contribution in [3.8, 4) is 0 Å². The van der Waals surface area contributed by atoms with Crippen LogP contribution < -0.4 is 5.32 Å². The number of fused-ring (bicyclic) bond motifs is 1. The van der Waals surface area contributed by atoms with Gasteiger partial charge >= 0.3 is 5.97 Å². The maximum atomic E-state index is 11.4. The minimum atomic E-state index is -0.631. The number of aliphatic carboxylic acids is 1. The van der Waals surface area contributed by atoms with Crippen LogP contribution in [-0.2, 0) is 11.2 Å². The first-order valence-corrected chi connectivity index (χ1v) is 7.41. The highest BCUT2D eigenvalue weighted by atomic mass is 32.2. The predicted molar refractivity (Wildman–Crippen MR) is 73.3 cm³/mol. The van der Waals surface area contributed by atoms with Crippen molar-refractivity contribution in [2.24, 2.45) is 5.41 Å². The maximum absolute atomic E-state index is 11.4. The van der Waals surface area contributed by atoms with E-state index in [0.717, 1.165) is 37.1 Å². The molecule has 0 aromatic heterocycles. The number of thioether (sulfide) groups is 1. The Morgan fingerprint density at radius 2 is 2.28 bits per heavy atom. The zero-order chi connectivity index (χ0) is 12.6. The Morgan fingerprint density at radius 3 is 2.94 bits per heavy atom. The van der Waals surface area contributed by atoms with Gasteiger partial charge < -0.3 is 10.4 Å². The summed E-state index contributed by atoms with van der Waals surface area (Å²) in [7, 11) is 0. The quantitative estimate of drug-likeness (QED) is 0.880. The van der Waals surface area contributed by atoms with Gasteiger partial charge in [-0.15, -0.1) is 11.8 Å². The molecule has 4 heteroatoms. The number of hydrogen-bond acceptors (Lipinski definition) is 3. The van der Waals surface area contributed by atoms with Gasteiger partial charge in [-0.2, -0.15) is 0 Å². The van der Waals surface area contributed by atoms with Crippen LogP contribution in [0.1, 0.15) is 24.8 Å². The number of hydrogen-bond donors (Lipinski definition) is 2. The minimum Gasteiger partial charge on any atom is -0.481 e. The van der Waals surface area contributed by atoms with Gasteiger partial charge in [-0.25, -0.2) is 0 Å². The molecule has 0 bridgehead atoms. The Bertz CT molecular complexity index is 483. The molecule has 1 heterocycles. The number of nitrogens with one attached hydrogen (secondary N) is 1. The van der Waals surface area contributed by atoms with Crippen LogP contribution in [0.3, 0.4) is 0 Å². The van der Waals surface area contributed by atoms with Crippen LogP contribution in [0, 0.1) is 5.41 Å². The summed E-state index contributed by atoms with van der Waals surface area (Å²) in [6, 6.07) is 6.34. The summed E-state index contributed by atoms with van der Waals surface area (Å²) in [4.78, 5) is 12.7. The predicted octanol–water partition coefficient (Wildman–Crippen LogP) is 3.00. The van der Waals surface area contributed by atoms with Crippen LogP contribution in [0.25, 0.3) is 0 Å². The zero-order valence-electron chi connectivity index (χ0n) is 10.2. The fourth-order valence-corrected chi connectivity index (χ4v) is 3.63. The molecule has 1 saturated carbocycles. The first-order chi connectivity index (χ1) is 8.70. The van der Waals surface area contributed by atoms with Crippen molar-refractivity contribution < 1.29 is 9.90 Å². The second-order valence-electron chi connectivity index (χ2n) is 5.22. The molecule has 3 rings (SSSR count). The Hall–Kier alpha value is -1.16. The molecule has 1 aromatic rings. The van der Waals surface area contributed by atoms with Gasteiger partial charge in [0.05, 0.1) is 5.41 Å². The van der Waals surface area contributed by atoms with Gasteiger partial charge in [0.25, 0.3) is 0 Å². The van der Waals surface area contributed by atoms with Crippen molar-refractivity contribution in [3.63, 3.8) is 0 Å². The van der Waals surface area contributed by atoms with Crippen molar-refractivity contribution in [2.75, 3.05) is 17.6 Å². The average molecular weight is 263 g/mol. The standard InChI is InChI=1S/C14H17NO2S/c16-13(17)14(4-1-5-14)9-10-2-3-12-11(8-10)15-6-7-18-12/h2-3,8,15H,1,4-7,9H2,(H,16,17). The smallest absolute Gasteiger partial charge is 0.309 e. The van der Waals surface area contributed by atoms with Crippen molar-refractivity contribution in [1.82, 2.24) is 0 Å². The molecule has 1 aliphatic carbocycles. The van der Waals surface area contributed by atoms with Gasteiger partial charge in [0.15, 0.2) is 0 Å². The normalized spacial score (nSPS) is 20.4. The summed E-state index contributed by atoms with van der Waals surface area (Å²) in [5.41, 5.74) is 1.82. The lowest BCUT2D eigenvalue weighted by Gasteiger charge is -2.38. The monoisotopic (exact) mass is 263 g/mol. The summed E-state index contributed by atoms with van der Waals surface area (Å²) >= 11 is 1.86. The second kappa shape index (κ2) is 4.50. The molecular formula is C14H17NO2S. The molecule has 0 unspecified atom stereocenters. The largest absolute Gasteiger partial charge is 0.481 e. The van der Waals surface area contributed by atoms with Crippen molar-refractivity contribution in [3.05, 3.63) is 23.8 Å². The molecule has 96 valence electrons. The minimum absolute atomic E-state index is 0.490. The van der Waals surface area contributed by atoms with Gasteiger partial charge in [0.2, 0.25) is 0 Å². The Kier molecular flexibility index (Phi) is 2.98. The highest BCUT2D eigenvalue weighted by Gasteiger charge is 2.44. The average Bonchev–Trinajstić information content (AvgIpc) is 2.33. The fourth-order valence-electron chi connectivity index (χ4n) is 2.76. The molecule has 0 saturated heterocycles. The highest BCUT2D eigenvalue weighted by molar-refractivity contribution is 7.99. The summed E-state index contributed by atoms with van der Waals surface area (Å²) < 4.78 is 0. The zero-order valence-corrected chi connectivity index (χ0v) is 11.1. The number of carboxylic acids is 1. The Labute approximate surface area is 111 Å². The van der Waals surface area contributed by atoms with Crippen LogP contribution in [0.15, 0.2) is 23.1 Å². The molecule has 2 N–H and O–H groups in total. The summed E-state index contributed by atoms with van der Waals surface area (Å²) in [5.74, 6) is 0.472. The molecule has 0 atom stereocenters. The van der Waals surface area contributed by atoms with Crippen LogP contribution in [0.4, 0.5) is 5.69 Å².